The standard InChI is InChI=1S/C20H30N4O7S/c1-11(25)17(21)19(29)24-15(9-12-3-5-13(26)6-4-12)18(28)22-10-16(27)23-14(20(30)31)7-8-32-2/h3-6,11,14-15,17,25-26H,7-10,21H2,1-2H3,(H,22,28)(H,23,27)(H,24,29)(H,30,31). The number of hydrogen-bond acceptors (Lipinski definition) is 8. The fraction of sp³-hybridized carbons (Fsp3) is 0.500. The number of carbonyl (C=O) groups excluding carboxylic acids is 3. The smallest absolute Gasteiger partial charge is 0.326 e. The largest absolute Gasteiger partial charge is 0.508 e. The number of carbonyl (C=O) groups is 4. The van der Waals surface area contributed by atoms with Crippen LogP contribution < -0.4 is 21.7 Å². The molecule has 3 amide bonds. The van der Waals surface area contributed by atoms with Crippen LogP contribution in [0.2, 0.25) is 0 Å². The Labute approximate surface area is 190 Å². The van der Waals surface area contributed by atoms with E-state index in [1.54, 1.807) is 12.1 Å². The second-order valence-corrected chi connectivity index (χ2v) is 8.14. The number of aliphatic hydroxyl groups is 1. The van der Waals surface area contributed by atoms with Gasteiger partial charge in [-0.15, -0.1) is 0 Å². The number of carboxylic acid groups (broad SMARTS) is 1. The third kappa shape index (κ3) is 9.54. The number of amides is 3. The molecule has 0 aliphatic heterocycles. The van der Waals surface area contributed by atoms with Crippen LogP contribution in [0, 0.1) is 0 Å². The maximum atomic E-state index is 12.7. The summed E-state index contributed by atoms with van der Waals surface area (Å²) < 4.78 is 0. The van der Waals surface area contributed by atoms with Crippen molar-refractivity contribution < 1.29 is 34.5 Å². The van der Waals surface area contributed by atoms with Gasteiger partial charge < -0.3 is 37.0 Å². The number of nitrogens with one attached hydrogen (secondary N) is 3. The van der Waals surface area contributed by atoms with Gasteiger partial charge in [-0.05, 0) is 43.0 Å². The van der Waals surface area contributed by atoms with Crippen LogP contribution in [0.3, 0.4) is 0 Å². The number of nitrogens with two attached hydrogens (primary N) is 1. The molecule has 0 saturated carbocycles. The van der Waals surface area contributed by atoms with Crippen molar-refractivity contribution in [3.05, 3.63) is 29.8 Å². The van der Waals surface area contributed by atoms with Gasteiger partial charge in [-0.1, -0.05) is 12.1 Å². The van der Waals surface area contributed by atoms with Gasteiger partial charge in [0, 0.05) is 6.42 Å². The van der Waals surface area contributed by atoms with Crippen molar-refractivity contribution in [2.24, 2.45) is 5.73 Å². The van der Waals surface area contributed by atoms with Crippen molar-refractivity contribution in [3.8, 4) is 5.75 Å². The summed E-state index contributed by atoms with van der Waals surface area (Å²) in [4.78, 5) is 48.2. The van der Waals surface area contributed by atoms with E-state index in [2.05, 4.69) is 16.0 Å². The van der Waals surface area contributed by atoms with Crippen LogP contribution in [-0.2, 0) is 25.6 Å². The molecular weight excluding hydrogens is 440 g/mol. The number of carboxylic acids is 1. The van der Waals surface area contributed by atoms with Crippen LogP contribution in [0.1, 0.15) is 18.9 Å². The second kappa shape index (κ2) is 13.6. The number of aliphatic hydroxyl groups excluding tert-OH is 1. The Morgan fingerprint density at radius 3 is 2.22 bits per heavy atom. The third-order valence-electron chi connectivity index (χ3n) is 4.50. The molecule has 178 valence electrons. The van der Waals surface area contributed by atoms with Crippen LogP contribution in [0.5, 0.6) is 5.75 Å². The van der Waals surface area contributed by atoms with Gasteiger partial charge in [-0.2, -0.15) is 11.8 Å². The van der Waals surface area contributed by atoms with Crippen LogP contribution in [0.25, 0.3) is 0 Å². The van der Waals surface area contributed by atoms with Gasteiger partial charge in [0.05, 0.1) is 12.6 Å². The Morgan fingerprint density at radius 1 is 1.06 bits per heavy atom. The Morgan fingerprint density at radius 2 is 1.69 bits per heavy atom. The minimum atomic E-state index is -1.26. The molecule has 1 aromatic carbocycles. The van der Waals surface area contributed by atoms with E-state index in [1.807, 2.05) is 6.26 Å². The lowest BCUT2D eigenvalue weighted by molar-refractivity contribution is -0.141. The molecular formula is C20H30N4O7S. The first kappa shape index (κ1) is 27.2. The number of benzene rings is 1. The molecule has 1 aromatic rings. The maximum Gasteiger partial charge on any atom is 0.326 e. The molecule has 1 rings (SSSR count). The van der Waals surface area contributed by atoms with Gasteiger partial charge in [0.25, 0.3) is 0 Å². The first-order valence-electron chi connectivity index (χ1n) is 9.85. The summed E-state index contributed by atoms with van der Waals surface area (Å²) in [7, 11) is 0. The summed E-state index contributed by atoms with van der Waals surface area (Å²) in [6, 6.07) is 2.49. The highest BCUT2D eigenvalue weighted by Gasteiger charge is 2.27. The zero-order valence-corrected chi connectivity index (χ0v) is 18.7. The second-order valence-electron chi connectivity index (χ2n) is 7.16. The highest BCUT2D eigenvalue weighted by atomic mass is 32.2. The number of thioether (sulfide) groups is 1. The van der Waals surface area contributed by atoms with Crippen molar-refractivity contribution >= 4 is 35.5 Å². The number of aliphatic carboxylic acids is 1. The van der Waals surface area contributed by atoms with Crippen LogP contribution >= 0.6 is 11.8 Å². The molecule has 8 N–H and O–H groups in total. The zero-order valence-electron chi connectivity index (χ0n) is 17.9. The van der Waals surface area contributed by atoms with Crippen molar-refractivity contribution in [2.45, 2.75) is 44.0 Å². The summed E-state index contributed by atoms with van der Waals surface area (Å²) >= 11 is 1.44. The van der Waals surface area contributed by atoms with E-state index in [1.165, 1.54) is 30.8 Å². The molecule has 0 heterocycles. The maximum absolute atomic E-state index is 12.7. The Bertz CT molecular complexity index is 789. The van der Waals surface area contributed by atoms with Gasteiger partial charge in [0.2, 0.25) is 17.7 Å². The van der Waals surface area contributed by atoms with Crippen LogP contribution in [0.15, 0.2) is 24.3 Å². The highest BCUT2D eigenvalue weighted by molar-refractivity contribution is 7.98. The molecule has 12 heteroatoms. The SMILES string of the molecule is CSCCC(NC(=O)CNC(=O)C(Cc1ccc(O)cc1)NC(=O)C(N)C(C)O)C(=O)O. The van der Waals surface area contributed by atoms with Gasteiger partial charge >= 0.3 is 5.97 Å². The lowest BCUT2D eigenvalue weighted by atomic mass is 10.0. The molecule has 0 aromatic heterocycles. The number of hydrogen-bond donors (Lipinski definition) is 7. The van der Waals surface area contributed by atoms with E-state index < -0.39 is 54.5 Å². The van der Waals surface area contributed by atoms with Gasteiger partial charge in [0.1, 0.15) is 23.9 Å². The lowest BCUT2D eigenvalue weighted by Gasteiger charge is -2.22. The zero-order chi connectivity index (χ0) is 24.3. The third-order valence-corrected chi connectivity index (χ3v) is 5.14. The molecule has 0 radical (unpaired) electrons. The molecule has 0 spiro atoms. The average molecular weight is 471 g/mol. The Kier molecular flexibility index (Phi) is 11.5. The minimum Gasteiger partial charge on any atom is -0.508 e. The molecule has 32 heavy (non-hydrogen) atoms. The molecule has 0 fully saturated rings. The Balaban J connectivity index is 2.80. The summed E-state index contributed by atoms with van der Waals surface area (Å²) in [6.07, 6.45) is 0.921. The first-order chi connectivity index (χ1) is 15.0. The van der Waals surface area contributed by atoms with Gasteiger partial charge in [0.15, 0.2) is 0 Å². The van der Waals surface area contributed by atoms with Crippen LogP contribution in [-0.4, -0.2) is 81.8 Å². The first-order valence-corrected chi connectivity index (χ1v) is 11.2. The summed E-state index contributed by atoms with van der Waals surface area (Å²) in [5.41, 5.74) is 6.23. The van der Waals surface area contributed by atoms with E-state index in [0.717, 1.165) is 0 Å². The van der Waals surface area contributed by atoms with Gasteiger partial charge in [-0.3, -0.25) is 14.4 Å². The average Bonchev–Trinajstić information content (AvgIpc) is 2.74. The predicted molar refractivity (Wildman–Crippen MR) is 119 cm³/mol. The fourth-order valence-corrected chi connectivity index (χ4v) is 3.06. The van der Waals surface area contributed by atoms with Crippen LogP contribution in [0.4, 0.5) is 0 Å². The quantitative estimate of drug-likeness (QED) is 0.181. The lowest BCUT2D eigenvalue weighted by Crippen LogP contribution is -2.56. The van der Waals surface area contributed by atoms with Gasteiger partial charge in [-0.25, -0.2) is 4.79 Å². The van der Waals surface area contributed by atoms with Crippen molar-refractivity contribution in [3.63, 3.8) is 0 Å². The molecule has 11 nitrogen and oxygen atoms in total. The number of rotatable bonds is 13. The monoisotopic (exact) mass is 470 g/mol. The fourth-order valence-electron chi connectivity index (χ4n) is 2.59. The van der Waals surface area contributed by atoms with E-state index in [9.17, 15) is 34.5 Å². The van der Waals surface area contributed by atoms with E-state index in [-0.39, 0.29) is 18.6 Å². The van der Waals surface area contributed by atoms with E-state index in [4.69, 9.17) is 5.73 Å². The summed E-state index contributed by atoms with van der Waals surface area (Å²) in [5, 5.41) is 35.3. The molecule has 0 aliphatic rings. The number of aromatic hydroxyl groups is 1. The molecule has 0 aliphatic carbocycles. The highest BCUT2D eigenvalue weighted by Crippen LogP contribution is 2.11. The Hall–Kier alpha value is -2.83. The minimum absolute atomic E-state index is 0.0253. The number of phenolic OH excluding ortho intramolecular Hbond substituents is 1. The molecule has 0 bridgehead atoms. The van der Waals surface area contributed by atoms with E-state index >= 15 is 0 Å². The van der Waals surface area contributed by atoms with Crippen molar-refractivity contribution in [1.29, 1.82) is 0 Å². The van der Waals surface area contributed by atoms with Crippen molar-refractivity contribution in [2.75, 3.05) is 18.6 Å². The molecule has 4 unspecified atom stereocenters. The summed E-state index contributed by atoms with van der Waals surface area (Å²) in [5.74, 6) is -2.76. The predicted octanol–water partition coefficient (Wildman–Crippen LogP) is -1.43. The van der Waals surface area contributed by atoms with Crippen molar-refractivity contribution in [1.82, 2.24) is 16.0 Å². The molecule has 4 atom stereocenters. The number of phenols is 1. The summed E-state index contributed by atoms with van der Waals surface area (Å²) in [6.45, 7) is 0.839. The molecule has 0 saturated heterocycles. The topological polar surface area (TPSA) is 191 Å². The van der Waals surface area contributed by atoms with E-state index in [0.29, 0.717) is 11.3 Å². The normalized spacial score (nSPS) is 14.5.